The normalized spacial score (nSPS) is 23.5. The lowest BCUT2D eigenvalue weighted by Gasteiger charge is -2.15. The molecule has 0 aromatic heterocycles. The summed E-state index contributed by atoms with van der Waals surface area (Å²) < 4.78 is 48.8. The predicted octanol–water partition coefficient (Wildman–Crippen LogP) is 2.34. The molecule has 13 heavy (non-hydrogen) atoms. The van der Waals surface area contributed by atoms with Gasteiger partial charge in [-0.1, -0.05) is 6.08 Å². The van der Waals surface area contributed by atoms with E-state index in [0.29, 0.717) is 6.08 Å². The molecular weight excluding hydrogens is 188 g/mol. The summed E-state index contributed by atoms with van der Waals surface area (Å²) in [5.41, 5.74) is -1.40. The molecule has 1 atom stereocenters. The van der Waals surface area contributed by atoms with Crippen LogP contribution in [0.1, 0.15) is 6.42 Å². The van der Waals surface area contributed by atoms with Crippen LogP contribution in [0.3, 0.4) is 0 Å². The van der Waals surface area contributed by atoms with Gasteiger partial charge in [-0.15, -0.1) is 0 Å². The molecule has 0 bridgehead atoms. The Morgan fingerprint density at radius 3 is 2.54 bits per heavy atom. The Morgan fingerprint density at radius 2 is 2.08 bits per heavy atom. The molecule has 0 saturated heterocycles. The fraction of sp³-hybridized carbons (Fsp3) is 0.375. The first-order valence-corrected chi connectivity index (χ1v) is 3.53. The highest BCUT2D eigenvalue weighted by Gasteiger charge is 2.34. The monoisotopic (exact) mass is 194 g/mol. The Balaban J connectivity index is 2.94. The number of carbonyl (C=O) groups excluding carboxylic acids is 1. The molecule has 0 radical (unpaired) electrons. The molecule has 0 saturated carbocycles. The van der Waals surface area contributed by atoms with Crippen LogP contribution in [0.4, 0.5) is 17.6 Å². The van der Waals surface area contributed by atoms with Crippen molar-refractivity contribution in [3.63, 3.8) is 0 Å². The lowest BCUT2D eigenvalue weighted by molar-refractivity contribution is -0.105. The maximum atomic E-state index is 12.7. The molecule has 1 aliphatic rings. The van der Waals surface area contributed by atoms with Crippen molar-refractivity contribution in [1.82, 2.24) is 0 Å². The fourth-order valence-corrected chi connectivity index (χ4v) is 1.00. The molecule has 1 nitrogen and oxygen atoms in total. The quantitative estimate of drug-likeness (QED) is 0.462. The number of hydrogen-bond acceptors (Lipinski definition) is 1. The zero-order valence-electron chi connectivity index (χ0n) is 6.44. The highest BCUT2D eigenvalue weighted by molar-refractivity contribution is 5.76. The molecule has 0 N–H and O–H groups in total. The van der Waals surface area contributed by atoms with E-state index >= 15 is 0 Å². The summed E-state index contributed by atoms with van der Waals surface area (Å²) in [6.07, 6.45) is -5.10. The summed E-state index contributed by atoms with van der Waals surface area (Å²) in [5, 5.41) is 0. The average molecular weight is 194 g/mol. The topological polar surface area (TPSA) is 17.1 Å². The van der Waals surface area contributed by atoms with Gasteiger partial charge in [0.05, 0.1) is 5.57 Å². The predicted molar refractivity (Wildman–Crippen MR) is 37.8 cm³/mol. The van der Waals surface area contributed by atoms with Crippen LogP contribution in [0.5, 0.6) is 0 Å². The van der Waals surface area contributed by atoms with Crippen LogP contribution in [0.25, 0.3) is 0 Å². The summed E-state index contributed by atoms with van der Waals surface area (Å²) in [5.74, 6) is 0. The van der Waals surface area contributed by atoms with E-state index in [0.717, 1.165) is 6.08 Å². The van der Waals surface area contributed by atoms with Crippen LogP contribution in [0.2, 0.25) is 0 Å². The smallest absolute Gasteiger partial charge is 0.298 e. The number of allylic oxidation sites excluding steroid dienone is 4. The van der Waals surface area contributed by atoms with Gasteiger partial charge in [0.2, 0.25) is 0 Å². The lowest BCUT2D eigenvalue weighted by atomic mass is 9.98. The molecule has 0 heterocycles. The number of alkyl halides is 4. The van der Waals surface area contributed by atoms with Gasteiger partial charge in [-0.3, -0.25) is 4.79 Å². The van der Waals surface area contributed by atoms with E-state index in [9.17, 15) is 22.4 Å². The molecule has 0 spiro atoms. The number of hydrogen-bond donors (Lipinski definition) is 0. The Labute approximate surface area is 71.7 Å². The maximum absolute atomic E-state index is 12.7. The summed E-state index contributed by atoms with van der Waals surface area (Å²) >= 11 is 0. The van der Waals surface area contributed by atoms with Gasteiger partial charge in [0, 0.05) is 12.0 Å². The van der Waals surface area contributed by atoms with Gasteiger partial charge in [0.25, 0.3) is 0 Å². The minimum Gasteiger partial charge on any atom is -0.298 e. The summed E-state index contributed by atoms with van der Waals surface area (Å²) in [6, 6.07) is 0. The number of halogens is 4. The summed E-state index contributed by atoms with van der Waals surface area (Å²) in [7, 11) is 0. The van der Waals surface area contributed by atoms with E-state index in [1.807, 2.05) is 0 Å². The second-order valence-electron chi connectivity index (χ2n) is 2.62. The van der Waals surface area contributed by atoms with Crippen LogP contribution >= 0.6 is 0 Å². The first-order chi connectivity index (χ1) is 5.95. The fourth-order valence-electron chi connectivity index (χ4n) is 1.00. The first-order valence-electron chi connectivity index (χ1n) is 3.53. The molecule has 0 fully saturated rings. The molecule has 0 aliphatic heterocycles. The Kier molecular flexibility index (Phi) is 2.54. The van der Waals surface area contributed by atoms with E-state index in [2.05, 4.69) is 0 Å². The van der Waals surface area contributed by atoms with E-state index < -0.39 is 23.5 Å². The number of aldehydes is 1. The van der Waals surface area contributed by atoms with Crippen molar-refractivity contribution >= 4 is 6.29 Å². The Morgan fingerprint density at radius 1 is 1.46 bits per heavy atom. The number of carbonyl (C=O) groups is 1. The molecule has 0 amide bonds. The van der Waals surface area contributed by atoms with E-state index in [1.165, 1.54) is 0 Å². The minimum atomic E-state index is -4.51. The van der Waals surface area contributed by atoms with Crippen LogP contribution in [0, 0.1) is 0 Å². The Bertz CT molecular complexity index is 274. The zero-order chi connectivity index (χ0) is 10.1. The third-order valence-corrected chi connectivity index (χ3v) is 1.69. The molecule has 0 aromatic rings. The van der Waals surface area contributed by atoms with Crippen molar-refractivity contribution in [2.45, 2.75) is 18.8 Å². The van der Waals surface area contributed by atoms with Crippen molar-refractivity contribution < 1.29 is 22.4 Å². The Hall–Kier alpha value is -1.13. The second-order valence-corrected chi connectivity index (χ2v) is 2.62. The van der Waals surface area contributed by atoms with Gasteiger partial charge in [0.1, 0.15) is 12.5 Å². The molecule has 0 aromatic carbocycles. The molecular formula is C8H6F4O. The second kappa shape index (κ2) is 3.32. The molecule has 1 unspecified atom stereocenters. The van der Waals surface area contributed by atoms with Gasteiger partial charge in [-0.2, -0.15) is 13.2 Å². The van der Waals surface area contributed by atoms with Crippen molar-refractivity contribution in [1.29, 1.82) is 0 Å². The molecule has 5 heteroatoms. The standard InChI is InChI=1S/C8H6F4O/c9-7-2-1-6(8(10,11)12)3-5(7)4-13/h1,3-4,7H,2H2. The SMILES string of the molecule is O=CC1=CC(C(F)(F)F)=CCC1F. The van der Waals surface area contributed by atoms with Crippen molar-refractivity contribution in [2.24, 2.45) is 0 Å². The van der Waals surface area contributed by atoms with Crippen molar-refractivity contribution in [3.05, 3.63) is 23.3 Å². The van der Waals surface area contributed by atoms with Crippen molar-refractivity contribution in [2.75, 3.05) is 0 Å². The van der Waals surface area contributed by atoms with E-state index in [1.54, 1.807) is 0 Å². The summed E-state index contributed by atoms with van der Waals surface area (Å²) in [6.45, 7) is 0. The van der Waals surface area contributed by atoms with Crippen LogP contribution in [-0.2, 0) is 4.79 Å². The zero-order valence-corrected chi connectivity index (χ0v) is 6.44. The van der Waals surface area contributed by atoms with E-state index in [4.69, 9.17) is 0 Å². The van der Waals surface area contributed by atoms with Crippen LogP contribution in [-0.4, -0.2) is 18.6 Å². The molecule has 1 aliphatic carbocycles. The molecule has 72 valence electrons. The lowest BCUT2D eigenvalue weighted by Crippen LogP contribution is -2.17. The maximum Gasteiger partial charge on any atom is 0.416 e. The van der Waals surface area contributed by atoms with Gasteiger partial charge in [-0.25, -0.2) is 4.39 Å². The summed E-state index contributed by atoms with van der Waals surface area (Å²) in [4.78, 5) is 10.1. The van der Waals surface area contributed by atoms with Crippen LogP contribution in [0.15, 0.2) is 23.3 Å². The average Bonchev–Trinajstić information content (AvgIpc) is 2.03. The van der Waals surface area contributed by atoms with Gasteiger partial charge in [0.15, 0.2) is 0 Å². The highest BCUT2D eigenvalue weighted by atomic mass is 19.4. The van der Waals surface area contributed by atoms with Crippen LogP contribution < -0.4 is 0 Å². The van der Waals surface area contributed by atoms with Gasteiger partial charge >= 0.3 is 6.18 Å². The third kappa shape index (κ3) is 2.17. The highest BCUT2D eigenvalue weighted by Crippen LogP contribution is 2.31. The van der Waals surface area contributed by atoms with Gasteiger partial charge in [-0.05, 0) is 6.08 Å². The van der Waals surface area contributed by atoms with E-state index in [-0.39, 0.29) is 12.7 Å². The van der Waals surface area contributed by atoms with Gasteiger partial charge < -0.3 is 0 Å². The third-order valence-electron chi connectivity index (χ3n) is 1.69. The molecule has 1 rings (SSSR count). The van der Waals surface area contributed by atoms with Crippen molar-refractivity contribution in [3.8, 4) is 0 Å². The minimum absolute atomic E-state index is 0.114. The number of rotatable bonds is 1. The largest absolute Gasteiger partial charge is 0.416 e. The first kappa shape index (κ1) is 9.95.